The molecule has 1 amide bonds. The number of amides is 1. The third-order valence-electron chi connectivity index (χ3n) is 5.70. The number of hydrogen-bond acceptors (Lipinski definition) is 5. The molecule has 3 rings (SSSR count). The van der Waals surface area contributed by atoms with Gasteiger partial charge < -0.3 is 19.6 Å². The van der Waals surface area contributed by atoms with Gasteiger partial charge in [0.05, 0.1) is 0 Å². The summed E-state index contributed by atoms with van der Waals surface area (Å²) in [5, 5.41) is 12.6. The molecular weight excluding hydrogens is 386 g/mol. The number of carbonyl (C=O) groups excluding carboxylic acids is 1. The molecule has 1 aromatic heterocycles. The highest BCUT2D eigenvalue weighted by atomic mass is 16.5. The SMILES string of the molecule is Cc1c(CCC(=O)NC(C(=O)O)C(C)C)c(=O)oc2cc3c(cc12)CCC(C)(C)O3. The van der Waals surface area contributed by atoms with Gasteiger partial charge in [-0.25, -0.2) is 9.59 Å². The van der Waals surface area contributed by atoms with Gasteiger partial charge in [-0.15, -0.1) is 0 Å². The van der Waals surface area contributed by atoms with E-state index in [1.54, 1.807) is 19.9 Å². The number of carbonyl (C=O) groups is 2. The monoisotopic (exact) mass is 415 g/mol. The molecule has 0 bridgehead atoms. The van der Waals surface area contributed by atoms with E-state index < -0.39 is 23.5 Å². The van der Waals surface area contributed by atoms with Crippen molar-refractivity contribution in [2.24, 2.45) is 5.92 Å². The van der Waals surface area contributed by atoms with Crippen LogP contribution in [0.1, 0.15) is 57.2 Å². The van der Waals surface area contributed by atoms with E-state index in [1.165, 1.54) is 0 Å². The van der Waals surface area contributed by atoms with Crippen molar-refractivity contribution in [2.45, 2.75) is 71.9 Å². The smallest absolute Gasteiger partial charge is 0.339 e. The number of aliphatic carboxylic acids is 1. The molecule has 2 N–H and O–H groups in total. The molecule has 2 aromatic rings. The first-order chi connectivity index (χ1) is 14.0. The van der Waals surface area contributed by atoms with Crippen molar-refractivity contribution in [3.8, 4) is 5.75 Å². The van der Waals surface area contributed by atoms with E-state index in [0.29, 0.717) is 11.1 Å². The number of ether oxygens (including phenoxy) is 1. The summed E-state index contributed by atoms with van der Waals surface area (Å²) in [4.78, 5) is 36.1. The van der Waals surface area contributed by atoms with E-state index >= 15 is 0 Å². The van der Waals surface area contributed by atoms with Crippen LogP contribution in [0.15, 0.2) is 21.3 Å². The van der Waals surface area contributed by atoms with E-state index in [-0.39, 0.29) is 24.4 Å². The Morgan fingerprint density at radius 1 is 1.27 bits per heavy atom. The number of benzene rings is 1. The van der Waals surface area contributed by atoms with Crippen molar-refractivity contribution in [1.82, 2.24) is 5.32 Å². The summed E-state index contributed by atoms with van der Waals surface area (Å²) in [6.07, 6.45) is 1.96. The van der Waals surface area contributed by atoms with Gasteiger partial charge in [0.25, 0.3) is 0 Å². The fraction of sp³-hybridized carbons (Fsp3) is 0.522. The van der Waals surface area contributed by atoms with Crippen LogP contribution in [0.5, 0.6) is 5.75 Å². The molecule has 7 heteroatoms. The van der Waals surface area contributed by atoms with Gasteiger partial charge in [0, 0.05) is 23.4 Å². The zero-order valence-corrected chi connectivity index (χ0v) is 18.1. The molecule has 162 valence electrons. The zero-order chi connectivity index (χ0) is 22.2. The van der Waals surface area contributed by atoms with Crippen molar-refractivity contribution in [1.29, 1.82) is 0 Å². The van der Waals surface area contributed by atoms with Crippen LogP contribution in [0, 0.1) is 12.8 Å². The van der Waals surface area contributed by atoms with Gasteiger partial charge in [-0.2, -0.15) is 0 Å². The third-order valence-corrected chi connectivity index (χ3v) is 5.70. The van der Waals surface area contributed by atoms with Crippen LogP contribution in [0.4, 0.5) is 0 Å². The molecule has 0 spiro atoms. The Labute approximate surface area is 175 Å². The molecule has 0 saturated carbocycles. The highest BCUT2D eigenvalue weighted by Crippen LogP contribution is 2.36. The average Bonchev–Trinajstić information content (AvgIpc) is 2.63. The predicted molar refractivity (Wildman–Crippen MR) is 113 cm³/mol. The normalized spacial score (nSPS) is 16.1. The van der Waals surface area contributed by atoms with Crippen LogP contribution >= 0.6 is 0 Å². The second-order valence-electron chi connectivity index (χ2n) is 8.94. The number of nitrogens with one attached hydrogen (secondary N) is 1. The van der Waals surface area contributed by atoms with Gasteiger partial charge in [-0.1, -0.05) is 13.8 Å². The minimum Gasteiger partial charge on any atom is -0.487 e. The largest absolute Gasteiger partial charge is 0.487 e. The zero-order valence-electron chi connectivity index (χ0n) is 18.1. The number of hydrogen-bond donors (Lipinski definition) is 2. The summed E-state index contributed by atoms with van der Waals surface area (Å²) in [6.45, 7) is 9.37. The van der Waals surface area contributed by atoms with E-state index in [0.717, 1.165) is 35.1 Å². The Morgan fingerprint density at radius 2 is 1.97 bits per heavy atom. The first-order valence-corrected chi connectivity index (χ1v) is 10.3. The van der Waals surface area contributed by atoms with Gasteiger partial charge in [-0.05, 0) is 63.1 Å². The Balaban J connectivity index is 1.84. The second kappa shape index (κ2) is 8.13. The Morgan fingerprint density at radius 3 is 2.60 bits per heavy atom. The molecule has 7 nitrogen and oxygen atoms in total. The summed E-state index contributed by atoms with van der Waals surface area (Å²) in [5.41, 5.74) is 2.01. The van der Waals surface area contributed by atoms with Crippen LogP contribution in [-0.4, -0.2) is 28.6 Å². The highest BCUT2D eigenvalue weighted by molar-refractivity contribution is 5.85. The molecule has 0 aliphatic carbocycles. The van der Waals surface area contributed by atoms with Crippen LogP contribution in [0.25, 0.3) is 11.0 Å². The molecule has 0 saturated heterocycles. The van der Waals surface area contributed by atoms with E-state index in [1.807, 2.05) is 26.8 Å². The van der Waals surface area contributed by atoms with Gasteiger partial charge >= 0.3 is 11.6 Å². The number of rotatable bonds is 6. The van der Waals surface area contributed by atoms with Crippen molar-refractivity contribution in [3.05, 3.63) is 39.2 Å². The Kier molecular flexibility index (Phi) is 5.92. The number of fused-ring (bicyclic) bond motifs is 2. The minimum absolute atomic E-state index is 0.00977. The first-order valence-electron chi connectivity index (χ1n) is 10.3. The number of carboxylic acid groups (broad SMARTS) is 1. The molecule has 0 fully saturated rings. The van der Waals surface area contributed by atoms with Crippen LogP contribution in [0.3, 0.4) is 0 Å². The van der Waals surface area contributed by atoms with E-state index in [4.69, 9.17) is 9.15 Å². The fourth-order valence-electron chi connectivity index (χ4n) is 3.82. The molecule has 1 aliphatic rings. The Hall–Kier alpha value is -2.83. The summed E-state index contributed by atoms with van der Waals surface area (Å²) in [6, 6.07) is 2.82. The molecule has 1 aliphatic heterocycles. The fourth-order valence-corrected chi connectivity index (χ4v) is 3.82. The van der Waals surface area contributed by atoms with Crippen molar-refractivity contribution in [2.75, 3.05) is 0 Å². The lowest BCUT2D eigenvalue weighted by atomic mass is 9.92. The maximum atomic E-state index is 12.6. The lowest BCUT2D eigenvalue weighted by molar-refractivity contribution is -0.143. The first kappa shape index (κ1) is 21.9. The summed E-state index contributed by atoms with van der Waals surface area (Å²) >= 11 is 0. The quantitative estimate of drug-likeness (QED) is 0.701. The Bertz CT molecular complexity index is 1050. The lowest BCUT2D eigenvalue weighted by Crippen LogP contribution is -2.44. The van der Waals surface area contributed by atoms with Gasteiger partial charge in [-0.3, -0.25) is 4.79 Å². The molecule has 1 unspecified atom stereocenters. The molecule has 1 aromatic carbocycles. The molecule has 0 radical (unpaired) electrons. The predicted octanol–water partition coefficient (Wildman–Crippen LogP) is 3.36. The molecule has 30 heavy (non-hydrogen) atoms. The summed E-state index contributed by atoms with van der Waals surface area (Å²) in [7, 11) is 0. The number of aryl methyl sites for hydroxylation is 2. The van der Waals surface area contributed by atoms with E-state index in [9.17, 15) is 19.5 Å². The maximum absolute atomic E-state index is 12.6. The summed E-state index contributed by atoms with van der Waals surface area (Å²) in [5.74, 6) is -0.981. The van der Waals surface area contributed by atoms with Crippen molar-refractivity contribution in [3.63, 3.8) is 0 Å². The van der Waals surface area contributed by atoms with Crippen molar-refractivity contribution >= 4 is 22.8 Å². The molecule has 2 heterocycles. The van der Waals surface area contributed by atoms with Gasteiger partial charge in [0.1, 0.15) is 23.0 Å². The standard InChI is InChI=1S/C23H29NO6/c1-12(2)20(21(26)27)24-19(25)7-6-15-13(3)16-10-14-8-9-23(4,5)30-17(14)11-18(16)29-22(15)28/h10-12,20H,6-9H2,1-5H3,(H,24,25)(H,26,27). The number of carboxylic acids is 1. The third kappa shape index (κ3) is 4.50. The van der Waals surface area contributed by atoms with Crippen LogP contribution in [-0.2, 0) is 22.4 Å². The van der Waals surface area contributed by atoms with Crippen LogP contribution < -0.4 is 15.7 Å². The van der Waals surface area contributed by atoms with Crippen molar-refractivity contribution < 1.29 is 23.8 Å². The minimum atomic E-state index is -1.07. The molecular formula is C23H29NO6. The average molecular weight is 415 g/mol. The summed E-state index contributed by atoms with van der Waals surface area (Å²) < 4.78 is 11.6. The highest BCUT2D eigenvalue weighted by Gasteiger charge is 2.28. The maximum Gasteiger partial charge on any atom is 0.339 e. The lowest BCUT2D eigenvalue weighted by Gasteiger charge is -2.32. The van der Waals surface area contributed by atoms with Crippen LogP contribution in [0.2, 0.25) is 0 Å². The topological polar surface area (TPSA) is 106 Å². The van der Waals surface area contributed by atoms with Gasteiger partial charge in [0.15, 0.2) is 0 Å². The van der Waals surface area contributed by atoms with Gasteiger partial charge in [0.2, 0.25) is 5.91 Å². The molecule has 1 atom stereocenters. The van der Waals surface area contributed by atoms with E-state index in [2.05, 4.69) is 5.32 Å². The second-order valence-corrected chi connectivity index (χ2v) is 8.94.